The minimum absolute atomic E-state index is 0.00466. The molecule has 0 saturated heterocycles. The smallest absolute Gasteiger partial charge is 0.306 e. The zero-order chi connectivity index (χ0) is 23.6. The van der Waals surface area contributed by atoms with Crippen LogP contribution in [0.5, 0.6) is 5.75 Å². The summed E-state index contributed by atoms with van der Waals surface area (Å²) in [5.74, 6) is 0.401. The molecule has 1 heterocycles. The molecular formula is C25H40O4S2. The molecule has 1 unspecified atom stereocenters. The lowest BCUT2D eigenvalue weighted by Crippen LogP contribution is -2.35. The van der Waals surface area contributed by atoms with Crippen molar-refractivity contribution in [2.45, 2.75) is 97.3 Å². The van der Waals surface area contributed by atoms with Gasteiger partial charge in [0, 0.05) is 10.7 Å². The summed E-state index contributed by atoms with van der Waals surface area (Å²) < 4.78 is 28.2. The molecule has 2 atom stereocenters. The molecule has 1 aromatic carbocycles. The lowest BCUT2D eigenvalue weighted by molar-refractivity contribution is 0.0564. The molecule has 4 nitrogen and oxygen atoms in total. The maximum absolute atomic E-state index is 11.6. The molecule has 0 fully saturated rings. The molecule has 31 heavy (non-hydrogen) atoms. The quantitative estimate of drug-likeness (QED) is 0.427. The predicted octanol–water partition coefficient (Wildman–Crippen LogP) is 6.36. The van der Waals surface area contributed by atoms with E-state index >= 15 is 0 Å². The molecule has 0 saturated carbocycles. The van der Waals surface area contributed by atoms with E-state index in [-0.39, 0.29) is 16.9 Å². The van der Waals surface area contributed by atoms with Crippen LogP contribution in [-0.2, 0) is 15.5 Å². The molecule has 6 heteroatoms. The summed E-state index contributed by atoms with van der Waals surface area (Å²) in [6.07, 6.45) is 5.56. The number of aliphatic hydroxyl groups excluding tert-OH is 1. The fourth-order valence-electron chi connectivity index (χ4n) is 4.50. The summed E-state index contributed by atoms with van der Waals surface area (Å²) in [6.45, 7) is 14.9. The predicted molar refractivity (Wildman–Crippen MR) is 132 cm³/mol. The van der Waals surface area contributed by atoms with Crippen molar-refractivity contribution in [3.8, 4) is 5.75 Å². The molecule has 1 N–H and O–H groups in total. The Labute approximate surface area is 194 Å². The molecule has 1 aromatic rings. The third kappa shape index (κ3) is 6.29. The molecule has 1 aliphatic rings. The van der Waals surface area contributed by atoms with Crippen molar-refractivity contribution < 1.29 is 17.7 Å². The van der Waals surface area contributed by atoms with Crippen LogP contribution >= 0.6 is 11.8 Å². The maximum Gasteiger partial charge on any atom is 0.306 e. The zero-order valence-electron chi connectivity index (χ0n) is 20.4. The van der Waals surface area contributed by atoms with Crippen LogP contribution in [0, 0.1) is 12.3 Å². The molecule has 0 radical (unpaired) electrons. The van der Waals surface area contributed by atoms with Crippen molar-refractivity contribution in [2.75, 3.05) is 6.26 Å². The van der Waals surface area contributed by atoms with E-state index in [1.54, 1.807) is 6.07 Å². The van der Waals surface area contributed by atoms with Gasteiger partial charge >= 0.3 is 10.1 Å². The Morgan fingerprint density at radius 3 is 2.29 bits per heavy atom. The van der Waals surface area contributed by atoms with E-state index in [1.807, 2.05) is 24.8 Å². The van der Waals surface area contributed by atoms with E-state index in [0.717, 1.165) is 43.9 Å². The van der Waals surface area contributed by atoms with Crippen LogP contribution in [0.2, 0.25) is 0 Å². The van der Waals surface area contributed by atoms with Gasteiger partial charge in [-0.1, -0.05) is 52.3 Å². The largest absolute Gasteiger partial charge is 0.393 e. The van der Waals surface area contributed by atoms with Crippen LogP contribution in [0.4, 0.5) is 0 Å². The number of aryl methyl sites for hydroxylation is 1. The van der Waals surface area contributed by atoms with Crippen molar-refractivity contribution in [3.05, 3.63) is 39.8 Å². The molecule has 176 valence electrons. The second-order valence-electron chi connectivity index (χ2n) is 10.1. The average molecular weight is 469 g/mol. The first-order valence-corrected chi connectivity index (χ1v) is 14.0. The molecule has 0 aromatic heterocycles. The Bertz CT molecular complexity index is 906. The third-order valence-electron chi connectivity index (χ3n) is 6.77. The third-order valence-corrected chi connectivity index (χ3v) is 8.99. The van der Waals surface area contributed by atoms with Gasteiger partial charge in [0.25, 0.3) is 0 Å². The van der Waals surface area contributed by atoms with Gasteiger partial charge in [-0.2, -0.15) is 8.42 Å². The van der Waals surface area contributed by atoms with Gasteiger partial charge in [0.2, 0.25) is 0 Å². The summed E-state index contributed by atoms with van der Waals surface area (Å²) in [5, 5.41) is 10.9. The van der Waals surface area contributed by atoms with Crippen LogP contribution in [-0.4, -0.2) is 31.1 Å². The minimum atomic E-state index is -3.54. The van der Waals surface area contributed by atoms with E-state index in [0.29, 0.717) is 11.0 Å². The summed E-state index contributed by atoms with van der Waals surface area (Å²) in [4.78, 5) is 1.42. The van der Waals surface area contributed by atoms with Crippen LogP contribution in [0.25, 0.3) is 0 Å². The second kappa shape index (κ2) is 9.88. The Kier molecular flexibility index (Phi) is 8.37. The minimum Gasteiger partial charge on any atom is -0.393 e. The summed E-state index contributed by atoms with van der Waals surface area (Å²) in [7, 11) is -3.54. The summed E-state index contributed by atoms with van der Waals surface area (Å²) >= 11 is 1.98. The zero-order valence-corrected chi connectivity index (χ0v) is 22.0. The lowest BCUT2D eigenvalue weighted by Gasteiger charge is -2.38. The van der Waals surface area contributed by atoms with Gasteiger partial charge in [0.15, 0.2) is 0 Å². The number of aliphatic hydroxyl groups is 1. The van der Waals surface area contributed by atoms with Crippen molar-refractivity contribution in [3.63, 3.8) is 0 Å². The number of hydrogen-bond donors (Lipinski definition) is 1. The van der Waals surface area contributed by atoms with Gasteiger partial charge in [-0.15, -0.1) is 11.8 Å². The molecule has 1 aliphatic heterocycles. The van der Waals surface area contributed by atoms with Crippen LogP contribution < -0.4 is 4.18 Å². The van der Waals surface area contributed by atoms with Crippen LogP contribution in [0.1, 0.15) is 84.8 Å². The highest BCUT2D eigenvalue weighted by Gasteiger charge is 2.41. The monoisotopic (exact) mass is 468 g/mol. The van der Waals surface area contributed by atoms with E-state index in [4.69, 9.17) is 4.18 Å². The van der Waals surface area contributed by atoms with Gasteiger partial charge in [-0.3, -0.25) is 0 Å². The Hall–Kier alpha value is -0.980. The molecular weight excluding hydrogens is 428 g/mol. The number of allylic oxidation sites excluding steroid dienone is 2. The summed E-state index contributed by atoms with van der Waals surface area (Å²) in [6, 6.07) is 5.94. The van der Waals surface area contributed by atoms with E-state index in [9.17, 15) is 13.5 Å². The number of hydrogen-bond acceptors (Lipinski definition) is 5. The Morgan fingerprint density at radius 1 is 1.19 bits per heavy atom. The molecule has 2 rings (SSSR count). The van der Waals surface area contributed by atoms with Crippen molar-refractivity contribution in [1.29, 1.82) is 0 Å². The molecule has 0 spiro atoms. The van der Waals surface area contributed by atoms with Crippen molar-refractivity contribution in [2.24, 2.45) is 5.41 Å². The normalized spacial score (nSPS) is 19.1. The van der Waals surface area contributed by atoms with Gasteiger partial charge in [0.1, 0.15) is 5.75 Å². The van der Waals surface area contributed by atoms with Gasteiger partial charge < -0.3 is 9.29 Å². The first-order valence-electron chi connectivity index (χ1n) is 11.3. The van der Waals surface area contributed by atoms with E-state index < -0.39 is 10.1 Å². The van der Waals surface area contributed by atoms with Crippen molar-refractivity contribution >= 4 is 21.9 Å². The standard InChI is InChI=1S/C25H40O4S2/c1-9-25(10-2,19-11-12-20(17(3)15-19)29-31(8,27)28)23-16-18(4)21(30-23)13-14-22(26)24(5,6)7/h11-12,15,22-23,26H,9-10,13-14,16H2,1-8H3/t22-,23?/m1/s1. The SMILES string of the molecule is CCC(CC)(c1ccc(OS(C)(=O)=O)c(C)c1)C1CC(C)=C(CC[C@@H](O)C(C)(C)C)S1. The maximum atomic E-state index is 11.6. The Balaban J connectivity index is 2.25. The number of benzene rings is 1. The van der Waals surface area contributed by atoms with Crippen LogP contribution in [0.15, 0.2) is 28.7 Å². The highest BCUT2D eigenvalue weighted by molar-refractivity contribution is 8.04. The first-order chi connectivity index (χ1) is 14.2. The van der Waals surface area contributed by atoms with E-state index in [2.05, 4.69) is 47.6 Å². The highest BCUT2D eigenvalue weighted by Crippen LogP contribution is 2.52. The first kappa shape index (κ1) is 26.3. The topological polar surface area (TPSA) is 63.6 Å². The number of thioether (sulfide) groups is 1. The fraction of sp³-hybridized carbons (Fsp3) is 0.680. The molecule has 0 amide bonds. The highest BCUT2D eigenvalue weighted by atomic mass is 32.2. The van der Waals surface area contributed by atoms with Gasteiger partial charge in [-0.05, 0) is 73.5 Å². The fourth-order valence-corrected chi connectivity index (χ4v) is 6.91. The molecule has 0 aliphatic carbocycles. The van der Waals surface area contributed by atoms with Gasteiger partial charge in [-0.25, -0.2) is 0 Å². The van der Waals surface area contributed by atoms with E-state index in [1.165, 1.54) is 16.0 Å². The number of rotatable bonds is 9. The molecule has 0 bridgehead atoms. The summed E-state index contributed by atoms with van der Waals surface area (Å²) in [5.41, 5.74) is 3.44. The van der Waals surface area contributed by atoms with Gasteiger partial charge in [0.05, 0.1) is 12.4 Å². The Morgan fingerprint density at radius 2 is 1.81 bits per heavy atom. The average Bonchev–Trinajstić information content (AvgIpc) is 3.02. The lowest BCUT2D eigenvalue weighted by atomic mass is 9.71. The second-order valence-corrected chi connectivity index (χ2v) is 12.9. The van der Waals surface area contributed by atoms with Crippen molar-refractivity contribution in [1.82, 2.24) is 0 Å². The van der Waals surface area contributed by atoms with Crippen LogP contribution in [0.3, 0.4) is 0 Å².